The summed E-state index contributed by atoms with van der Waals surface area (Å²) in [4.78, 5) is 0. The van der Waals surface area contributed by atoms with Crippen LogP contribution in [0.2, 0.25) is 0 Å². The average molecular weight is 344 g/mol. The van der Waals surface area contributed by atoms with Gasteiger partial charge in [0.2, 0.25) is 6.79 Å². The number of phenolic OH excluding ortho intramolecular Hbond substituents is 1. The van der Waals surface area contributed by atoms with Gasteiger partial charge in [-0.3, -0.25) is 0 Å². The van der Waals surface area contributed by atoms with E-state index >= 15 is 0 Å². The first-order valence-corrected chi connectivity index (χ1v) is 8.43. The minimum absolute atomic E-state index is 0.0275. The summed E-state index contributed by atoms with van der Waals surface area (Å²) in [5.74, 6) is 2.27. The van der Waals surface area contributed by atoms with E-state index in [-0.39, 0.29) is 24.4 Å². The summed E-state index contributed by atoms with van der Waals surface area (Å²) in [6.07, 6.45) is 0.183. The largest absolute Gasteiger partial charge is 0.504 e. The molecule has 0 radical (unpaired) electrons. The fraction of sp³-hybridized carbons (Fsp3) is 0.400. The Kier molecular flexibility index (Phi) is 5.04. The molecular weight excluding hydrogens is 320 g/mol. The highest BCUT2D eigenvalue weighted by molar-refractivity contribution is 5.45. The van der Waals surface area contributed by atoms with Crippen molar-refractivity contribution in [3.05, 3.63) is 47.5 Å². The van der Waals surface area contributed by atoms with Crippen LogP contribution in [0.5, 0.6) is 23.0 Å². The third kappa shape index (κ3) is 3.66. The van der Waals surface area contributed by atoms with Crippen molar-refractivity contribution in [3.63, 3.8) is 0 Å². The van der Waals surface area contributed by atoms with Crippen LogP contribution in [-0.2, 0) is 6.42 Å². The maximum Gasteiger partial charge on any atom is 0.231 e. The maximum absolute atomic E-state index is 10.7. The van der Waals surface area contributed by atoms with Crippen molar-refractivity contribution in [3.8, 4) is 23.0 Å². The quantitative estimate of drug-likeness (QED) is 0.837. The second kappa shape index (κ2) is 7.23. The Bertz CT molecular complexity index is 743. The number of benzene rings is 2. The van der Waals surface area contributed by atoms with Gasteiger partial charge in [-0.25, -0.2) is 0 Å². The molecule has 0 saturated carbocycles. The van der Waals surface area contributed by atoms with Crippen LogP contribution in [0, 0.1) is 11.8 Å². The van der Waals surface area contributed by atoms with E-state index < -0.39 is 6.10 Å². The van der Waals surface area contributed by atoms with E-state index in [0.29, 0.717) is 5.75 Å². The summed E-state index contributed by atoms with van der Waals surface area (Å²) < 4.78 is 15.9. The molecule has 1 heterocycles. The summed E-state index contributed by atoms with van der Waals surface area (Å²) in [5.41, 5.74) is 1.89. The van der Waals surface area contributed by atoms with Crippen molar-refractivity contribution in [2.24, 2.45) is 11.8 Å². The Morgan fingerprint density at radius 2 is 1.84 bits per heavy atom. The van der Waals surface area contributed by atoms with Crippen LogP contribution in [-0.4, -0.2) is 24.1 Å². The molecule has 2 aromatic carbocycles. The molecule has 2 N–H and O–H groups in total. The van der Waals surface area contributed by atoms with Gasteiger partial charge in [0.15, 0.2) is 23.0 Å². The first-order chi connectivity index (χ1) is 12.0. The number of fused-ring (bicyclic) bond motifs is 1. The molecule has 1 aliphatic rings. The van der Waals surface area contributed by atoms with Gasteiger partial charge in [0.05, 0.1) is 13.2 Å². The molecule has 0 amide bonds. The van der Waals surface area contributed by atoms with E-state index in [0.717, 1.165) is 29.0 Å². The van der Waals surface area contributed by atoms with Crippen LogP contribution in [0.25, 0.3) is 0 Å². The second-order valence-corrected chi connectivity index (χ2v) is 6.60. The number of aliphatic hydroxyl groups excluding tert-OH is 1. The molecular formula is C20H24O5. The Labute approximate surface area is 147 Å². The number of methoxy groups -OCH3 is 1. The number of ether oxygens (including phenoxy) is 3. The van der Waals surface area contributed by atoms with Crippen LogP contribution in [0.15, 0.2) is 36.4 Å². The van der Waals surface area contributed by atoms with E-state index in [1.807, 2.05) is 25.1 Å². The molecule has 0 fully saturated rings. The third-order valence-corrected chi connectivity index (χ3v) is 4.94. The lowest BCUT2D eigenvalue weighted by atomic mass is 9.83. The highest BCUT2D eigenvalue weighted by Crippen LogP contribution is 2.36. The molecule has 0 aromatic heterocycles. The average Bonchev–Trinajstić information content (AvgIpc) is 3.08. The molecule has 25 heavy (non-hydrogen) atoms. The monoisotopic (exact) mass is 344 g/mol. The standard InChI is InChI=1S/C20H24O5/c1-12(8-14-4-7-17-19(9-14)25-11-24-17)13(2)20(22)15-5-6-16(21)18(10-15)23-3/h4-7,9-10,12-13,20-22H,8,11H2,1-3H3/t12-,13-,20+/m1/s1. The van der Waals surface area contributed by atoms with Crippen LogP contribution in [0.4, 0.5) is 0 Å². The summed E-state index contributed by atoms with van der Waals surface area (Å²) in [5, 5.41) is 20.4. The molecule has 0 aliphatic carbocycles. The molecule has 3 rings (SSSR count). The van der Waals surface area contributed by atoms with E-state index in [2.05, 4.69) is 6.92 Å². The Morgan fingerprint density at radius 1 is 1.08 bits per heavy atom. The molecule has 3 atom stereocenters. The number of phenols is 1. The van der Waals surface area contributed by atoms with Gasteiger partial charge in [0, 0.05) is 0 Å². The van der Waals surface area contributed by atoms with Gasteiger partial charge in [-0.1, -0.05) is 26.0 Å². The van der Waals surface area contributed by atoms with Crippen molar-refractivity contribution in [2.45, 2.75) is 26.4 Å². The Morgan fingerprint density at radius 3 is 2.60 bits per heavy atom. The minimum atomic E-state index is -0.640. The first-order valence-electron chi connectivity index (χ1n) is 8.43. The maximum atomic E-state index is 10.7. The van der Waals surface area contributed by atoms with Crippen LogP contribution >= 0.6 is 0 Å². The molecule has 5 heteroatoms. The highest BCUT2D eigenvalue weighted by Gasteiger charge is 2.24. The smallest absolute Gasteiger partial charge is 0.231 e. The van der Waals surface area contributed by atoms with Crippen molar-refractivity contribution >= 4 is 0 Å². The van der Waals surface area contributed by atoms with Gasteiger partial charge in [0.1, 0.15) is 0 Å². The normalized spacial score (nSPS) is 16.3. The lowest BCUT2D eigenvalue weighted by Crippen LogP contribution is -2.19. The summed E-state index contributed by atoms with van der Waals surface area (Å²) >= 11 is 0. The zero-order valence-electron chi connectivity index (χ0n) is 14.7. The van der Waals surface area contributed by atoms with Crippen LogP contribution in [0.1, 0.15) is 31.1 Å². The lowest BCUT2D eigenvalue weighted by Gasteiger charge is -2.26. The van der Waals surface area contributed by atoms with Gasteiger partial charge in [-0.15, -0.1) is 0 Å². The van der Waals surface area contributed by atoms with E-state index in [4.69, 9.17) is 14.2 Å². The molecule has 1 aliphatic heterocycles. The van der Waals surface area contributed by atoms with Crippen LogP contribution in [0.3, 0.4) is 0 Å². The summed E-state index contributed by atoms with van der Waals surface area (Å²) in [6.45, 7) is 4.42. The van der Waals surface area contributed by atoms with Crippen molar-refractivity contribution in [1.29, 1.82) is 0 Å². The van der Waals surface area contributed by atoms with E-state index in [1.165, 1.54) is 7.11 Å². The fourth-order valence-corrected chi connectivity index (χ4v) is 3.12. The molecule has 0 saturated heterocycles. The van der Waals surface area contributed by atoms with E-state index in [9.17, 15) is 10.2 Å². The van der Waals surface area contributed by atoms with Gasteiger partial charge in [-0.2, -0.15) is 0 Å². The van der Waals surface area contributed by atoms with Gasteiger partial charge in [0.25, 0.3) is 0 Å². The first kappa shape index (κ1) is 17.4. The predicted molar refractivity (Wildman–Crippen MR) is 94.2 cm³/mol. The third-order valence-electron chi connectivity index (χ3n) is 4.94. The van der Waals surface area contributed by atoms with Crippen molar-refractivity contribution < 1.29 is 24.4 Å². The minimum Gasteiger partial charge on any atom is -0.504 e. The second-order valence-electron chi connectivity index (χ2n) is 6.60. The van der Waals surface area contributed by atoms with Crippen molar-refractivity contribution in [2.75, 3.05) is 13.9 Å². The zero-order valence-corrected chi connectivity index (χ0v) is 14.7. The SMILES string of the molecule is COc1cc([C@@H](O)[C@H](C)[C@H](C)Cc2ccc3c(c2)OCO3)ccc1O. The van der Waals surface area contributed by atoms with Crippen molar-refractivity contribution in [1.82, 2.24) is 0 Å². The Hall–Kier alpha value is -2.40. The lowest BCUT2D eigenvalue weighted by molar-refractivity contribution is 0.0869. The topological polar surface area (TPSA) is 68.2 Å². The predicted octanol–water partition coefficient (Wildman–Crippen LogP) is 3.68. The fourth-order valence-electron chi connectivity index (χ4n) is 3.12. The van der Waals surface area contributed by atoms with Crippen LogP contribution < -0.4 is 14.2 Å². The van der Waals surface area contributed by atoms with E-state index in [1.54, 1.807) is 18.2 Å². The summed E-state index contributed by atoms with van der Waals surface area (Å²) in [7, 11) is 1.50. The zero-order chi connectivity index (χ0) is 18.0. The highest BCUT2D eigenvalue weighted by atomic mass is 16.7. The number of hydrogen-bond donors (Lipinski definition) is 2. The molecule has 134 valence electrons. The molecule has 5 nitrogen and oxygen atoms in total. The summed E-state index contributed by atoms with van der Waals surface area (Å²) in [6, 6.07) is 10.9. The number of hydrogen-bond acceptors (Lipinski definition) is 5. The number of rotatable bonds is 6. The van der Waals surface area contributed by atoms with Gasteiger partial charge >= 0.3 is 0 Å². The molecule has 2 aromatic rings. The van der Waals surface area contributed by atoms with Gasteiger partial charge in [-0.05, 0) is 53.6 Å². The number of aliphatic hydroxyl groups is 1. The Balaban J connectivity index is 1.70. The van der Waals surface area contributed by atoms with Gasteiger partial charge < -0.3 is 24.4 Å². The molecule has 0 spiro atoms. The number of aromatic hydroxyl groups is 1. The molecule has 0 unspecified atom stereocenters. The molecule has 0 bridgehead atoms.